The van der Waals surface area contributed by atoms with Crippen LogP contribution in [0.15, 0.2) is 23.4 Å². The number of aliphatic hydroxyl groups excluding tert-OH is 1. The van der Waals surface area contributed by atoms with Gasteiger partial charge in [-0.05, 0) is 24.8 Å². The van der Waals surface area contributed by atoms with Gasteiger partial charge in [0.15, 0.2) is 5.84 Å². The lowest BCUT2D eigenvalue weighted by molar-refractivity contribution is 0.0695. The molecule has 0 saturated heterocycles. The number of amidine groups is 1. The Morgan fingerprint density at radius 1 is 1.38 bits per heavy atom. The first kappa shape index (κ1) is 15.7. The molecule has 0 heterocycles. The van der Waals surface area contributed by atoms with Crippen LogP contribution in [0.25, 0.3) is 0 Å². The lowest BCUT2D eigenvalue weighted by atomic mass is 9.86. The van der Waals surface area contributed by atoms with Crippen LogP contribution in [0.4, 0.5) is 4.39 Å². The van der Waals surface area contributed by atoms with E-state index >= 15 is 0 Å². The minimum atomic E-state index is -0.393. The molecule has 2 rings (SSSR count). The predicted octanol–water partition coefficient (Wildman–Crippen LogP) is 1.56. The highest BCUT2D eigenvalue weighted by molar-refractivity contribution is 5.97. The van der Waals surface area contributed by atoms with Crippen LogP contribution in [0, 0.1) is 11.7 Å². The molecule has 0 amide bonds. The summed E-state index contributed by atoms with van der Waals surface area (Å²) in [4.78, 5) is 0. The van der Waals surface area contributed by atoms with Crippen LogP contribution in [0.2, 0.25) is 0 Å². The number of halogens is 1. The summed E-state index contributed by atoms with van der Waals surface area (Å²) in [7, 11) is 0. The summed E-state index contributed by atoms with van der Waals surface area (Å²) in [6, 6.07) is 4.49. The monoisotopic (exact) mass is 295 g/mol. The first-order valence-electron chi connectivity index (χ1n) is 7.27. The average molecular weight is 295 g/mol. The molecular formula is C15H22FN3O2. The maximum Gasteiger partial charge on any atom is 0.170 e. The van der Waals surface area contributed by atoms with Gasteiger partial charge in [0.05, 0.1) is 6.10 Å². The highest BCUT2D eigenvalue weighted by atomic mass is 19.1. The Bertz CT molecular complexity index is 508. The predicted molar refractivity (Wildman–Crippen MR) is 78.6 cm³/mol. The molecular weight excluding hydrogens is 273 g/mol. The van der Waals surface area contributed by atoms with E-state index in [2.05, 4.69) is 10.5 Å². The molecule has 5 nitrogen and oxygen atoms in total. The zero-order valence-corrected chi connectivity index (χ0v) is 11.9. The smallest absolute Gasteiger partial charge is 0.170 e. The van der Waals surface area contributed by atoms with E-state index in [0.717, 1.165) is 25.7 Å². The molecule has 1 aliphatic carbocycles. The highest BCUT2D eigenvalue weighted by Crippen LogP contribution is 2.23. The second-order valence-corrected chi connectivity index (χ2v) is 5.53. The molecule has 5 N–H and O–H groups in total. The van der Waals surface area contributed by atoms with Gasteiger partial charge >= 0.3 is 0 Å². The van der Waals surface area contributed by atoms with E-state index in [0.29, 0.717) is 24.2 Å². The van der Waals surface area contributed by atoms with E-state index in [9.17, 15) is 9.50 Å². The normalized spacial score (nSPS) is 23.2. The number of oxime groups is 1. The third-order valence-electron chi connectivity index (χ3n) is 4.05. The fourth-order valence-electron chi connectivity index (χ4n) is 2.73. The Kier molecular flexibility index (Phi) is 5.52. The Labute approximate surface area is 123 Å². The van der Waals surface area contributed by atoms with Crippen LogP contribution in [0.5, 0.6) is 0 Å². The molecule has 0 radical (unpaired) electrons. The van der Waals surface area contributed by atoms with Gasteiger partial charge in [-0.2, -0.15) is 0 Å². The zero-order valence-electron chi connectivity index (χ0n) is 11.9. The zero-order chi connectivity index (χ0) is 15.2. The third-order valence-corrected chi connectivity index (χ3v) is 4.05. The Hall–Kier alpha value is -1.66. The second kappa shape index (κ2) is 7.38. The summed E-state index contributed by atoms with van der Waals surface area (Å²) >= 11 is 0. The maximum absolute atomic E-state index is 13.9. The van der Waals surface area contributed by atoms with Crippen molar-refractivity contribution in [2.75, 3.05) is 6.54 Å². The standard InChI is InChI=1S/C15H22FN3O2/c16-13-7-10(15(17)19-21)5-6-11(13)8-18-9-12-3-1-2-4-14(12)20/h5-7,12,14,18,20-21H,1-4,8-9H2,(H2,17,19). The first-order chi connectivity index (χ1) is 10.1. The number of aliphatic hydroxyl groups is 1. The van der Waals surface area contributed by atoms with Gasteiger partial charge in [-0.3, -0.25) is 0 Å². The van der Waals surface area contributed by atoms with Gasteiger partial charge in [0.25, 0.3) is 0 Å². The molecule has 0 aliphatic heterocycles. The number of nitrogens with one attached hydrogen (secondary N) is 1. The Morgan fingerprint density at radius 2 is 2.14 bits per heavy atom. The number of benzene rings is 1. The molecule has 116 valence electrons. The third kappa shape index (κ3) is 4.15. The van der Waals surface area contributed by atoms with Crippen molar-refractivity contribution in [2.45, 2.75) is 38.3 Å². The molecule has 0 aromatic heterocycles. The van der Waals surface area contributed by atoms with Crippen molar-refractivity contribution in [1.82, 2.24) is 5.32 Å². The van der Waals surface area contributed by atoms with E-state index < -0.39 is 5.82 Å². The molecule has 2 atom stereocenters. The van der Waals surface area contributed by atoms with Crippen molar-refractivity contribution in [3.8, 4) is 0 Å². The van der Waals surface area contributed by atoms with E-state index in [1.54, 1.807) is 12.1 Å². The van der Waals surface area contributed by atoms with Crippen LogP contribution in [0.1, 0.15) is 36.8 Å². The fourth-order valence-corrected chi connectivity index (χ4v) is 2.73. The van der Waals surface area contributed by atoms with Crippen molar-refractivity contribution < 1.29 is 14.7 Å². The van der Waals surface area contributed by atoms with Gasteiger partial charge in [-0.15, -0.1) is 0 Å². The first-order valence-corrected chi connectivity index (χ1v) is 7.27. The maximum atomic E-state index is 13.9. The fraction of sp³-hybridized carbons (Fsp3) is 0.533. The highest BCUT2D eigenvalue weighted by Gasteiger charge is 2.22. The van der Waals surface area contributed by atoms with Crippen LogP contribution < -0.4 is 11.1 Å². The molecule has 1 aromatic rings. The van der Waals surface area contributed by atoms with E-state index in [4.69, 9.17) is 10.9 Å². The van der Waals surface area contributed by atoms with Gasteiger partial charge in [-0.1, -0.05) is 30.1 Å². The lowest BCUT2D eigenvalue weighted by Gasteiger charge is -2.27. The molecule has 1 aromatic carbocycles. The van der Waals surface area contributed by atoms with Crippen LogP contribution in [0.3, 0.4) is 0 Å². The number of nitrogens with two attached hydrogens (primary N) is 1. The van der Waals surface area contributed by atoms with Crippen molar-refractivity contribution >= 4 is 5.84 Å². The van der Waals surface area contributed by atoms with Crippen molar-refractivity contribution in [3.05, 3.63) is 35.1 Å². The molecule has 1 aliphatic rings. The van der Waals surface area contributed by atoms with Gasteiger partial charge in [0.2, 0.25) is 0 Å². The molecule has 21 heavy (non-hydrogen) atoms. The van der Waals surface area contributed by atoms with Crippen molar-refractivity contribution in [3.63, 3.8) is 0 Å². The summed E-state index contributed by atoms with van der Waals surface area (Å²) in [5, 5.41) is 24.5. The molecule has 2 unspecified atom stereocenters. The molecule has 1 saturated carbocycles. The number of nitrogens with zero attached hydrogens (tertiary/aromatic N) is 1. The van der Waals surface area contributed by atoms with Gasteiger partial charge in [0, 0.05) is 24.2 Å². The topological polar surface area (TPSA) is 90.9 Å². The summed E-state index contributed by atoms with van der Waals surface area (Å²) < 4.78 is 13.9. The molecule has 6 heteroatoms. The van der Waals surface area contributed by atoms with Crippen LogP contribution in [-0.4, -0.2) is 28.8 Å². The minimum Gasteiger partial charge on any atom is -0.409 e. The summed E-state index contributed by atoms with van der Waals surface area (Å²) in [6.07, 6.45) is 3.85. The summed E-state index contributed by atoms with van der Waals surface area (Å²) in [5.74, 6) is -0.257. The second-order valence-electron chi connectivity index (χ2n) is 5.53. The molecule has 1 fully saturated rings. The van der Waals surface area contributed by atoms with E-state index in [1.165, 1.54) is 6.07 Å². The quantitative estimate of drug-likeness (QED) is 0.287. The Morgan fingerprint density at radius 3 is 2.81 bits per heavy atom. The van der Waals surface area contributed by atoms with Crippen LogP contribution >= 0.6 is 0 Å². The number of hydrogen-bond donors (Lipinski definition) is 4. The van der Waals surface area contributed by atoms with Gasteiger partial charge in [-0.25, -0.2) is 4.39 Å². The van der Waals surface area contributed by atoms with E-state index in [-0.39, 0.29) is 17.9 Å². The van der Waals surface area contributed by atoms with Crippen molar-refractivity contribution in [1.29, 1.82) is 0 Å². The molecule has 0 bridgehead atoms. The lowest BCUT2D eigenvalue weighted by Crippen LogP contribution is -2.33. The average Bonchev–Trinajstić information content (AvgIpc) is 2.50. The van der Waals surface area contributed by atoms with Crippen LogP contribution in [-0.2, 0) is 6.54 Å². The van der Waals surface area contributed by atoms with E-state index in [1.807, 2.05) is 0 Å². The van der Waals surface area contributed by atoms with Gasteiger partial charge < -0.3 is 21.4 Å². The summed E-state index contributed by atoms with van der Waals surface area (Å²) in [6.45, 7) is 1.08. The Balaban J connectivity index is 1.88. The largest absolute Gasteiger partial charge is 0.409 e. The van der Waals surface area contributed by atoms with Crippen molar-refractivity contribution in [2.24, 2.45) is 16.8 Å². The minimum absolute atomic E-state index is 0.112. The number of hydrogen-bond acceptors (Lipinski definition) is 4. The summed E-state index contributed by atoms with van der Waals surface area (Å²) in [5.41, 5.74) is 6.29. The molecule has 0 spiro atoms. The van der Waals surface area contributed by atoms with Gasteiger partial charge in [0.1, 0.15) is 5.82 Å². The SMILES string of the molecule is NC(=NO)c1ccc(CNCC2CCCCC2O)c(F)c1. The number of rotatable bonds is 5.